The average Bonchev–Trinajstić information content (AvgIpc) is 2.51. The minimum absolute atomic E-state index is 0.225. The molecule has 1 aromatic rings. The molecular formula is C19H29NO. The van der Waals surface area contributed by atoms with Crippen LogP contribution in [0.25, 0.3) is 0 Å². The molecule has 1 amide bonds. The first-order valence-electron chi connectivity index (χ1n) is 8.42. The van der Waals surface area contributed by atoms with Crippen LogP contribution >= 0.6 is 0 Å². The molecule has 21 heavy (non-hydrogen) atoms. The Morgan fingerprint density at radius 3 is 2.29 bits per heavy atom. The van der Waals surface area contributed by atoms with Gasteiger partial charge in [0, 0.05) is 19.0 Å². The van der Waals surface area contributed by atoms with Gasteiger partial charge in [-0.05, 0) is 62.1 Å². The van der Waals surface area contributed by atoms with Crippen LogP contribution in [0.2, 0.25) is 0 Å². The maximum Gasteiger partial charge on any atom is 0.225 e. The van der Waals surface area contributed by atoms with E-state index in [1.165, 1.54) is 16.7 Å². The van der Waals surface area contributed by atoms with Crippen molar-refractivity contribution < 1.29 is 4.79 Å². The molecule has 0 aromatic heterocycles. The normalized spacial score (nSPS) is 16.5. The molecule has 2 rings (SSSR count). The third-order valence-corrected chi connectivity index (χ3v) is 5.14. The highest BCUT2D eigenvalue weighted by molar-refractivity contribution is 5.78. The highest BCUT2D eigenvalue weighted by Gasteiger charge is 2.27. The van der Waals surface area contributed by atoms with Crippen molar-refractivity contribution in [3.05, 3.63) is 34.9 Å². The van der Waals surface area contributed by atoms with Crippen molar-refractivity contribution in [3.8, 4) is 0 Å². The maximum absolute atomic E-state index is 12.4. The Balaban J connectivity index is 1.96. The number of aryl methyl sites for hydroxylation is 2. The Morgan fingerprint density at radius 2 is 1.76 bits per heavy atom. The van der Waals surface area contributed by atoms with Crippen LogP contribution in [0.1, 0.15) is 62.1 Å². The van der Waals surface area contributed by atoms with Crippen LogP contribution in [-0.4, -0.2) is 23.9 Å². The lowest BCUT2D eigenvalue weighted by Crippen LogP contribution is -2.41. The first-order valence-corrected chi connectivity index (χ1v) is 8.42. The minimum atomic E-state index is 0.225. The number of carbonyl (C=O) groups excluding carboxylic acids is 1. The summed E-state index contributed by atoms with van der Waals surface area (Å²) in [5.74, 6) is 1.22. The lowest BCUT2D eigenvalue weighted by Gasteiger charge is -2.34. The zero-order valence-electron chi connectivity index (χ0n) is 14.0. The molecule has 0 saturated carbocycles. The summed E-state index contributed by atoms with van der Waals surface area (Å²) >= 11 is 0. The Kier molecular flexibility index (Phi) is 5.44. The molecule has 0 bridgehead atoms. The van der Waals surface area contributed by atoms with Crippen molar-refractivity contribution >= 4 is 5.91 Å². The van der Waals surface area contributed by atoms with Crippen LogP contribution in [-0.2, 0) is 4.79 Å². The van der Waals surface area contributed by atoms with E-state index in [-0.39, 0.29) is 5.92 Å². The Hall–Kier alpha value is -1.31. The number of hydrogen-bond acceptors (Lipinski definition) is 1. The number of amides is 1. The monoisotopic (exact) mass is 287 g/mol. The Labute approximate surface area is 129 Å². The molecule has 1 aromatic carbocycles. The zero-order valence-corrected chi connectivity index (χ0v) is 14.0. The molecule has 1 saturated heterocycles. The van der Waals surface area contributed by atoms with Gasteiger partial charge >= 0.3 is 0 Å². The van der Waals surface area contributed by atoms with Gasteiger partial charge in [-0.25, -0.2) is 0 Å². The molecule has 0 aliphatic carbocycles. The quantitative estimate of drug-likeness (QED) is 0.801. The second-order valence-electron chi connectivity index (χ2n) is 6.46. The number of carbonyl (C=O) groups is 1. The minimum Gasteiger partial charge on any atom is -0.342 e. The molecular weight excluding hydrogens is 258 g/mol. The Morgan fingerprint density at radius 1 is 1.14 bits per heavy atom. The lowest BCUT2D eigenvalue weighted by atomic mass is 9.87. The molecule has 1 aliphatic heterocycles. The average molecular weight is 287 g/mol. The third-order valence-electron chi connectivity index (χ3n) is 5.14. The number of rotatable bonds is 4. The van der Waals surface area contributed by atoms with Gasteiger partial charge in [0.15, 0.2) is 0 Å². The van der Waals surface area contributed by atoms with E-state index in [1.807, 2.05) is 0 Å². The largest absolute Gasteiger partial charge is 0.342 e. The number of piperidine rings is 1. The number of benzene rings is 1. The van der Waals surface area contributed by atoms with Crippen molar-refractivity contribution in [1.29, 1.82) is 0 Å². The van der Waals surface area contributed by atoms with Crippen molar-refractivity contribution in [1.82, 2.24) is 4.90 Å². The summed E-state index contributed by atoms with van der Waals surface area (Å²) in [5.41, 5.74) is 4.19. The SMILES string of the molecule is CCC(CC)C(=O)N1CCC(c2ccc(C)c(C)c2)CC1. The molecule has 116 valence electrons. The molecule has 1 aliphatic rings. The van der Waals surface area contributed by atoms with E-state index >= 15 is 0 Å². The first kappa shape index (κ1) is 16.1. The fraction of sp³-hybridized carbons (Fsp3) is 0.632. The van der Waals surface area contributed by atoms with Gasteiger partial charge < -0.3 is 4.90 Å². The molecule has 2 heteroatoms. The van der Waals surface area contributed by atoms with Gasteiger partial charge in [0.1, 0.15) is 0 Å². The van der Waals surface area contributed by atoms with Gasteiger partial charge in [0.25, 0.3) is 0 Å². The predicted molar refractivity (Wildman–Crippen MR) is 88.5 cm³/mol. The summed E-state index contributed by atoms with van der Waals surface area (Å²) in [6.45, 7) is 10.4. The summed E-state index contributed by atoms with van der Waals surface area (Å²) < 4.78 is 0. The zero-order chi connectivity index (χ0) is 15.4. The second-order valence-corrected chi connectivity index (χ2v) is 6.46. The van der Waals surface area contributed by atoms with Gasteiger partial charge in [-0.2, -0.15) is 0 Å². The van der Waals surface area contributed by atoms with Crippen LogP contribution in [0, 0.1) is 19.8 Å². The van der Waals surface area contributed by atoms with Gasteiger partial charge in [-0.15, -0.1) is 0 Å². The fourth-order valence-corrected chi connectivity index (χ4v) is 3.35. The first-order chi connectivity index (χ1) is 10.1. The van der Waals surface area contributed by atoms with Crippen LogP contribution in [0.3, 0.4) is 0 Å². The van der Waals surface area contributed by atoms with Crippen molar-refractivity contribution in [2.24, 2.45) is 5.92 Å². The highest BCUT2D eigenvalue weighted by Crippen LogP contribution is 2.30. The van der Waals surface area contributed by atoms with E-state index in [2.05, 4.69) is 50.8 Å². The topological polar surface area (TPSA) is 20.3 Å². The van der Waals surface area contributed by atoms with Gasteiger partial charge in [-0.1, -0.05) is 32.0 Å². The molecule has 2 nitrogen and oxygen atoms in total. The number of likely N-dealkylation sites (tertiary alicyclic amines) is 1. The van der Waals surface area contributed by atoms with E-state index in [4.69, 9.17) is 0 Å². The molecule has 0 N–H and O–H groups in total. The van der Waals surface area contributed by atoms with Crippen molar-refractivity contribution in [3.63, 3.8) is 0 Å². The smallest absolute Gasteiger partial charge is 0.225 e. The lowest BCUT2D eigenvalue weighted by molar-refractivity contribution is -0.136. The molecule has 0 radical (unpaired) electrons. The van der Waals surface area contributed by atoms with Crippen molar-refractivity contribution in [2.45, 2.75) is 59.3 Å². The molecule has 0 unspecified atom stereocenters. The number of hydrogen-bond donors (Lipinski definition) is 0. The van der Waals surface area contributed by atoms with Gasteiger partial charge in [-0.3, -0.25) is 4.79 Å². The molecule has 0 spiro atoms. The standard InChI is InChI=1S/C19H29NO/c1-5-16(6-2)19(21)20-11-9-17(10-12-20)18-8-7-14(3)15(4)13-18/h7-8,13,16-17H,5-6,9-12H2,1-4H3. The van der Waals surface area contributed by atoms with E-state index in [0.717, 1.165) is 38.8 Å². The predicted octanol–water partition coefficient (Wildman–Crippen LogP) is 4.45. The fourth-order valence-electron chi connectivity index (χ4n) is 3.35. The van der Waals surface area contributed by atoms with E-state index in [0.29, 0.717) is 11.8 Å². The Bertz CT molecular complexity index is 482. The highest BCUT2D eigenvalue weighted by atomic mass is 16.2. The summed E-state index contributed by atoms with van der Waals surface area (Å²) in [7, 11) is 0. The maximum atomic E-state index is 12.4. The summed E-state index contributed by atoms with van der Waals surface area (Å²) in [4.78, 5) is 14.5. The van der Waals surface area contributed by atoms with E-state index < -0.39 is 0 Å². The summed E-state index contributed by atoms with van der Waals surface area (Å²) in [6, 6.07) is 6.83. The van der Waals surface area contributed by atoms with Gasteiger partial charge in [0.2, 0.25) is 5.91 Å². The van der Waals surface area contributed by atoms with Crippen molar-refractivity contribution in [2.75, 3.05) is 13.1 Å². The second kappa shape index (κ2) is 7.11. The third kappa shape index (κ3) is 3.66. The van der Waals surface area contributed by atoms with Crippen LogP contribution in [0.5, 0.6) is 0 Å². The van der Waals surface area contributed by atoms with E-state index in [9.17, 15) is 4.79 Å². The van der Waals surface area contributed by atoms with Crippen LogP contribution in [0.15, 0.2) is 18.2 Å². The summed E-state index contributed by atoms with van der Waals surface area (Å²) in [5, 5.41) is 0. The van der Waals surface area contributed by atoms with Crippen LogP contribution in [0.4, 0.5) is 0 Å². The molecule has 1 fully saturated rings. The number of nitrogens with zero attached hydrogens (tertiary/aromatic N) is 1. The molecule has 0 atom stereocenters. The van der Waals surface area contributed by atoms with E-state index in [1.54, 1.807) is 0 Å². The summed E-state index contributed by atoms with van der Waals surface area (Å²) in [6.07, 6.45) is 4.14. The molecule has 1 heterocycles. The van der Waals surface area contributed by atoms with Gasteiger partial charge in [0.05, 0.1) is 0 Å². The van der Waals surface area contributed by atoms with Crippen LogP contribution < -0.4 is 0 Å².